The van der Waals surface area contributed by atoms with E-state index in [1.54, 1.807) is 6.92 Å². The van der Waals surface area contributed by atoms with Gasteiger partial charge in [-0.05, 0) is 51.7 Å². The van der Waals surface area contributed by atoms with Crippen molar-refractivity contribution in [1.82, 2.24) is 19.3 Å². The molecule has 2 aromatic rings. The first-order valence-electron chi connectivity index (χ1n) is 11.4. The van der Waals surface area contributed by atoms with Crippen molar-refractivity contribution in [3.05, 3.63) is 35.8 Å². The molecule has 2 fully saturated rings. The Bertz CT molecular complexity index is 1210. The minimum absolute atomic E-state index is 0.0146. The fourth-order valence-electron chi connectivity index (χ4n) is 4.46. The third-order valence-corrected chi connectivity index (χ3v) is 8.55. The van der Waals surface area contributed by atoms with Crippen LogP contribution in [0.3, 0.4) is 0 Å². The van der Waals surface area contributed by atoms with Crippen LogP contribution >= 0.6 is 0 Å². The summed E-state index contributed by atoms with van der Waals surface area (Å²) < 4.78 is 88.0. The molecule has 0 amide bonds. The molecular formula is C22H27F4N5O4S. The molecule has 0 bridgehead atoms. The van der Waals surface area contributed by atoms with Gasteiger partial charge in [-0.2, -0.15) is 22.5 Å². The molecular weight excluding hydrogens is 506 g/mol. The molecule has 1 aliphatic carbocycles. The number of hydrogen-bond donors (Lipinski definition) is 2. The van der Waals surface area contributed by atoms with Crippen LogP contribution in [0.5, 0.6) is 5.88 Å². The Balaban J connectivity index is 1.50. The fraction of sp³-hybridized carbons (Fsp3) is 0.591. The standard InChI is InChI=1S/C22H27F4N5O4S/c1-13-17(5-4-9-27-13)36(33,34)31-10-7-16(15(23)12-31)29-20-28-11-14(22(24,25)26)19(30-20)35-18-6-3-8-21(18,2)32/h4-5,9,11,15-16,18,32H,3,6-8,10,12H2,1-2H3,(H,28,29,30)/t15-,16+,18?,21?/m1/s1. The third kappa shape index (κ3) is 5.39. The summed E-state index contributed by atoms with van der Waals surface area (Å²) in [6.45, 7) is 2.55. The lowest BCUT2D eigenvalue weighted by molar-refractivity contribution is -0.141. The van der Waals surface area contributed by atoms with Gasteiger partial charge in [0.1, 0.15) is 22.7 Å². The van der Waals surface area contributed by atoms with E-state index in [1.165, 1.54) is 25.3 Å². The van der Waals surface area contributed by atoms with Crippen LogP contribution in [-0.4, -0.2) is 69.8 Å². The average Bonchev–Trinajstić information content (AvgIpc) is 3.12. The summed E-state index contributed by atoms with van der Waals surface area (Å²) in [4.78, 5) is 11.5. The largest absolute Gasteiger partial charge is 0.471 e. The van der Waals surface area contributed by atoms with Gasteiger partial charge < -0.3 is 15.2 Å². The summed E-state index contributed by atoms with van der Waals surface area (Å²) in [5.41, 5.74) is -2.23. The number of aryl methyl sites for hydroxylation is 1. The third-order valence-electron chi connectivity index (χ3n) is 6.55. The number of hydrogen-bond acceptors (Lipinski definition) is 8. The Morgan fingerprint density at radius 1 is 1.28 bits per heavy atom. The predicted molar refractivity (Wildman–Crippen MR) is 121 cm³/mol. The Kier molecular flexibility index (Phi) is 7.14. The van der Waals surface area contributed by atoms with E-state index in [0.717, 1.165) is 4.31 Å². The van der Waals surface area contributed by atoms with Gasteiger partial charge in [0.2, 0.25) is 21.9 Å². The van der Waals surface area contributed by atoms with Crippen LogP contribution < -0.4 is 10.1 Å². The fourth-order valence-corrected chi connectivity index (χ4v) is 6.10. The van der Waals surface area contributed by atoms with E-state index in [4.69, 9.17) is 4.74 Å². The first-order chi connectivity index (χ1) is 16.8. The van der Waals surface area contributed by atoms with Crippen LogP contribution in [0, 0.1) is 6.92 Å². The van der Waals surface area contributed by atoms with Gasteiger partial charge in [0.15, 0.2) is 0 Å². The molecule has 1 aliphatic heterocycles. The van der Waals surface area contributed by atoms with Gasteiger partial charge in [0.25, 0.3) is 0 Å². The van der Waals surface area contributed by atoms with Crippen molar-refractivity contribution in [3.8, 4) is 5.88 Å². The van der Waals surface area contributed by atoms with Crippen molar-refractivity contribution < 1.29 is 35.8 Å². The number of rotatable bonds is 6. The van der Waals surface area contributed by atoms with Crippen molar-refractivity contribution in [2.45, 2.75) is 74.5 Å². The van der Waals surface area contributed by atoms with E-state index in [1.807, 2.05) is 0 Å². The predicted octanol–water partition coefficient (Wildman–Crippen LogP) is 3.09. The Hall–Kier alpha value is -2.58. The Morgan fingerprint density at radius 3 is 2.64 bits per heavy atom. The highest BCUT2D eigenvalue weighted by Crippen LogP contribution is 2.39. The highest BCUT2D eigenvalue weighted by molar-refractivity contribution is 7.89. The summed E-state index contributed by atoms with van der Waals surface area (Å²) in [6, 6.07) is 1.94. The van der Waals surface area contributed by atoms with Crippen LogP contribution in [0.1, 0.15) is 43.9 Å². The number of alkyl halides is 4. The van der Waals surface area contributed by atoms with Gasteiger partial charge in [-0.15, -0.1) is 0 Å². The topological polar surface area (TPSA) is 118 Å². The number of piperidine rings is 1. The molecule has 3 heterocycles. The number of sulfonamides is 1. The number of pyridine rings is 1. The molecule has 0 aromatic carbocycles. The molecule has 2 aromatic heterocycles. The van der Waals surface area contributed by atoms with Crippen LogP contribution in [0.15, 0.2) is 29.4 Å². The number of nitrogens with zero attached hydrogens (tertiary/aromatic N) is 4. The second-order valence-corrected chi connectivity index (χ2v) is 11.2. The van der Waals surface area contributed by atoms with Crippen molar-refractivity contribution in [2.75, 3.05) is 18.4 Å². The van der Waals surface area contributed by atoms with Gasteiger partial charge in [-0.1, -0.05) is 0 Å². The second kappa shape index (κ2) is 9.71. The molecule has 9 nitrogen and oxygen atoms in total. The number of aliphatic hydroxyl groups is 1. The van der Waals surface area contributed by atoms with E-state index in [0.29, 0.717) is 31.2 Å². The molecule has 1 saturated carbocycles. The summed E-state index contributed by atoms with van der Waals surface area (Å²) >= 11 is 0. The lowest BCUT2D eigenvalue weighted by atomic mass is 10.0. The number of anilines is 1. The molecule has 0 spiro atoms. The van der Waals surface area contributed by atoms with Gasteiger partial charge in [-0.25, -0.2) is 17.8 Å². The monoisotopic (exact) mass is 533 g/mol. The molecule has 2 unspecified atom stereocenters. The molecule has 2 N–H and O–H groups in total. The average molecular weight is 534 g/mol. The van der Waals surface area contributed by atoms with Crippen molar-refractivity contribution in [2.24, 2.45) is 0 Å². The second-order valence-electron chi connectivity index (χ2n) is 9.27. The van der Waals surface area contributed by atoms with E-state index in [9.17, 15) is 26.7 Å². The SMILES string of the molecule is Cc1ncccc1S(=O)(=O)N1CC[C@H](Nc2ncc(C(F)(F)F)c(OC3CCCC3(C)O)n2)[C@H](F)C1. The Morgan fingerprint density at radius 2 is 2.03 bits per heavy atom. The zero-order valence-electron chi connectivity index (χ0n) is 19.7. The first kappa shape index (κ1) is 26.5. The highest BCUT2D eigenvalue weighted by atomic mass is 32.2. The van der Waals surface area contributed by atoms with Crippen LogP contribution in [0.25, 0.3) is 0 Å². The van der Waals surface area contributed by atoms with E-state index >= 15 is 4.39 Å². The zero-order chi connectivity index (χ0) is 26.3. The number of halogens is 4. The summed E-state index contributed by atoms with van der Waals surface area (Å²) in [5.74, 6) is -1.04. The molecule has 36 heavy (non-hydrogen) atoms. The normalized spacial score (nSPS) is 27.7. The van der Waals surface area contributed by atoms with Crippen LogP contribution in [-0.2, 0) is 16.2 Å². The molecule has 0 radical (unpaired) electrons. The van der Waals surface area contributed by atoms with Gasteiger partial charge >= 0.3 is 6.18 Å². The summed E-state index contributed by atoms with van der Waals surface area (Å²) in [5, 5.41) is 13.1. The summed E-state index contributed by atoms with van der Waals surface area (Å²) in [7, 11) is -3.97. The lowest BCUT2D eigenvalue weighted by Gasteiger charge is -2.34. The maximum absolute atomic E-state index is 15.0. The van der Waals surface area contributed by atoms with Crippen molar-refractivity contribution in [1.29, 1.82) is 0 Å². The van der Waals surface area contributed by atoms with Crippen LogP contribution in [0.2, 0.25) is 0 Å². The van der Waals surface area contributed by atoms with Crippen LogP contribution in [0.4, 0.5) is 23.5 Å². The number of ether oxygens (including phenoxy) is 1. The molecule has 4 rings (SSSR count). The molecule has 14 heteroatoms. The molecule has 2 aliphatic rings. The summed E-state index contributed by atoms with van der Waals surface area (Å²) in [6.07, 6.45) is -4.03. The van der Waals surface area contributed by atoms with Crippen molar-refractivity contribution >= 4 is 16.0 Å². The number of aromatic nitrogens is 3. The Labute approximate surface area is 206 Å². The first-order valence-corrected chi connectivity index (χ1v) is 12.9. The lowest BCUT2D eigenvalue weighted by Crippen LogP contribution is -2.50. The van der Waals surface area contributed by atoms with Gasteiger partial charge in [0.05, 0.1) is 17.3 Å². The smallest absolute Gasteiger partial charge is 0.423 e. The maximum atomic E-state index is 15.0. The van der Waals surface area contributed by atoms with Gasteiger partial charge in [-0.3, -0.25) is 4.98 Å². The zero-order valence-corrected chi connectivity index (χ0v) is 20.5. The molecule has 198 valence electrons. The van der Waals surface area contributed by atoms with Gasteiger partial charge in [0, 0.05) is 25.5 Å². The van der Waals surface area contributed by atoms with E-state index in [2.05, 4.69) is 20.3 Å². The van der Waals surface area contributed by atoms with E-state index < -0.39 is 58.1 Å². The minimum atomic E-state index is -4.80. The molecule has 1 saturated heterocycles. The minimum Gasteiger partial charge on any atom is -0.471 e. The van der Waals surface area contributed by atoms with E-state index in [-0.39, 0.29) is 23.8 Å². The van der Waals surface area contributed by atoms with Crippen molar-refractivity contribution in [3.63, 3.8) is 0 Å². The molecule has 4 atom stereocenters. The number of nitrogens with one attached hydrogen (secondary N) is 1. The maximum Gasteiger partial charge on any atom is 0.423 e. The quantitative estimate of drug-likeness (QED) is 0.544. The highest BCUT2D eigenvalue weighted by Gasteiger charge is 2.43.